The average Bonchev–Trinajstić information content (AvgIpc) is 2.96. The highest BCUT2D eigenvalue weighted by Gasteiger charge is 2.04. The second kappa shape index (κ2) is 8.58. The fourth-order valence-corrected chi connectivity index (χ4v) is 2.42. The molecule has 0 aliphatic rings. The number of hydrogen-bond acceptors (Lipinski definition) is 5. The van der Waals surface area contributed by atoms with Crippen molar-refractivity contribution in [3.63, 3.8) is 0 Å². The van der Waals surface area contributed by atoms with Crippen LogP contribution in [0.25, 0.3) is 10.7 Å². The van der Waals surface area contributed by atoms with E-state index in [4.69, 9.17) is 4.74 Å². The highest BCUT2D eigenvalue weighted by molar-refractivity contribution is 7.13. The third-order valence-corrected chi connectivity index (χ3v) is 3.54. The van der Waals surface area contributed by atoms with Gasteiger partial charge in [0.2, 0.25) is 0 Å². The van der Waals surface area contributed by atoms with E-state index in [1.54, 1.807) is 17.5 Å². The van der Waals surface area contributed by atoms with Crippen LogP contribution in [0.5, 0.6) is 0 Å². The molecule has 0 aromatic carbocycles. The van der Waals surface area contributed by atoms with Crippen LogP contribution in [0.2, 0.25) is 0 Å². The molecule has 0 bridgehead atoms. The Morgan fingerprint density at radius 3 is 3.10 bits per heavy atom. The lowest BCUT2D eigenvalue weighted by Gasteiger charge is -2.03. The summed E-state index contributed by atoms with van der Waals surface area (Å²) in [7, 11) is 0. The SMILES string of the molecule is C=CCCOCCNCc1csc(-c2ccccn2)n1. The maximum atomic E-state index is 5.42. The lowest BCUT2D eigenvalue weighted by Crippen LogP contribution is -2.19. The van der Waals surface area contributed by atoms with Gasteiger partial charge in [-0.15, -0.1) is 17.9 Å². The summed E-state index contributed by atoms with van der Waals surface area (Å²) in [6, 6.07) is 5.86. The summed E-state index contributed by atoms with van der Waals surface area (Å²) >= 11 is 1.62. The van der Waals surface area contributed by atoms with Gasteiger partial charge in [-0.3, -0.25) is 4.98 Å². The van der Waals surface area contributed by atoms with Crippen LogP contribution in [0.4, 0.5) is 0 Å². The first-order chi connectivity index (χ1) is 9.90. The molecular formula is C15H19N3OS. The molecule has 2 aromatic rings. The molecule has 106 valence electrons. The molecule has 0 atom stereocenters. The monoisotopic (exact) mass is 289 g/mol. The van der Waals surface area contributed by atoms with Crippen LogP contribution in [0.15, 0.2) is 42.4 Å². The minimum Gasteiger partial charge on any atom is -0.380 e. The van der Waals surface area contributed by atoms with Crippen molar-refractivity contribution in [1.82, 2.24) is 15.3 Å². The molecule has 0 radical (unpaired) electrons. The van der Waals surface area contributed by atoms with E-state index in [1.807, 2.05) is 24.3 Å². The summed E-state index contributed by atoms with van der Waals surface area (Å²) in [6.45, 7) is 6.69. The Balaban J connectivity index is 1.70. The van der Waals surface area contributed by atoms with E-state index in [2.05, 4.69) is 27.2 Å². The lowest BCUT2D eigenvalue weighted by atomic mass is 10.3. The molecular weight excluding hydrogens is 270 g/mol. The molecule has 2 heterocycles. The highest BCUT2D eigenvalue weighted by Crippen LogP contribution is 2.20. The molecule has 2 aromatic heterocycles. The first-order valence-corrected chi connectivity index (χ1v) is 7.53. The van der Waals surface area contributed by atoms with Gasteiger partial charge in [-0.05, 0) is 18.6 Å². The van der Waals surface area contributed by atoms with Crippen LogP contribution in [0.1, 0.15) is 12.1 Å². The van der Waals surface area contributed by atoms with Crippen molar-refractivity contribution in [2.75, 3.05) is 19.8 Å². The van der Waals surface area contributed by atoms with Crippen molar-refractivity contribution in [2.45, 2.75) is 13.0 Å². The van der Waals surface area contributed by atoms with Crippen molar-refractivity contribution in [2.24, 2.45) is 0 Å². The number of rotatable bonds is 9. The van der Waals surface area contributed by atoms with Gasteiger partial charge in [-0.25, -0.2) is 4.98 Å². The van der Waals surface area contributed by atoms with Gasteiger partial charge in [0.05, 0.1) is 24.6 Å². The van der Waals surface area contributed by atoms with Gasteiger partial charge in [-0.2, -0.15) is 0 Å². The average molecular weight is 289 g/mol. The first kappa shape index (κ1) is 14.8. The van der Waals surface area contributed by atoms with Crippen LogP contribution < -0.4 is 5.32 Å². The number of hydrogen-bond donors (Lipinski definition) is 1. The van der Waals surface area contributed by atoms with E-state index in [9.17, 15) is 0 Å². The van der Waals surface area contributed by atoms with Crippen molar-refractivity contribution in [1.29, 1.82) is 0 Å². The van der Waals surface area contributed by atoms with E-state index < -0.39 is 0 Å². The third-order valence-electron chi connectivity index (χ3n) is 2.63. The first-order valence-electron chi connectivity index (χ1n) is 6.65. The van der Waals surface area contributed by atoms with Gasteiger partial charge in [0, 0.05) is 24.7 Å². The molecule has 1 N–H and O–H groups in total. The number of nitrogens with zero attached hydrogens (tertiary/aromatic N) is 2. The van der Waals surface area contributed by atoms with E-state index in [1.165, 1.54) is 0 Å². The molecule has 0 unspecified atom stereocenters. The van der Waals surface area contributed by atoms with E-state index in [0.29, 0.717) is 6.61 Å². The van der Waals surface area contributed by atoms with E-state index in [-0.39, 0.29) is 0 Å². The molecule has 5 heteroatoms. The topological polar surface area (TPSA) is 47.0 Å². The van der Waals surface area contributed by atoms with Crippen LogP contribution in [-0.4, -0.2) is 29.7 Å². The summed E-state index contributed by atoms with van der Waals surface area (Å²) in [6.07, 6.45) is 4.55. The highest BCUT2D eigenvalue weighted by atomic mass is 32.1. The summed E-state index contributed by atoms with van der Waals surface area (Å²) in [5, 5.41) is 6.34. The molecule has 20 heavy (non-hydrogen) atoms. The number of nitrogens with one attached hydrogen (secondary N) is 1. The maximum Gasteiger partial charge on any atom is 0.142 e. The van der Waals surface area contributed by atoms with Crippen molar-refractivity contribution >= 4 is 11.3 Å². The Hall–Kier alpha value is -1.56. The maximum absolute atomic E-state index is 5.42. The summed E-state index contributed by atoms with van der Waals surface area (Å²) in [4.78, 5) is 8.87. The van der Waals surface area contributed by atoms with Gasteiger partial charge in [0.15, 0.2) is 0 Å². The smallest absolute Gasteiger partial charge is 0.142 e. The molecule has 0 amide bonds. The third kappa shape index (κ3) is 4.85. The quantitative estimate of drug-likeness (QED) is 0.569. The predicted octanol–water partition coefficient (Wildman–Crippen LogP) is 2.89. The Kier molecular flexibility index (Phi) is 6.37. The second-order valence-corrected chi connectivity index (χ2v) is 5.08. The number of aromatic nitrogens is 2. The molecule has 0 aliphatic heterocycles. The molecule has 0 aliphatic carbocycles. The summed E-state index contributed by atoms with van der Waals surface area (Å²) < 4.78 is 5.42. The predicted molar refractivity (Wildman–Crippen MR) is 82.7 cm³/mol. The van der Waals surface area contributed by atoms with Gasteiger partial charge < -0.3 is 10.1 Å². The number of ether oxygens (including phenoxy) is 1. The van der Waals surface area contributed by atoms with Crippen LogP contribution >= 0.6 is 11.3 Å². The standard InChI is InChI=1S/C15H19N3OS/c1-2-3-9-19-10-8-16-11-13-12-20-15(18-13)14-6-4-5-7-17-14/h2,4-7,12,16H,1,3,8-11H2. The Morgan fingerprint density at radius 1 is 1.35 bits per heavy atom. The Morgan fingerprint density at radius 2 is 2.30 bits per heavy atom. The lowest BCUT2D eigenvalue weighted by molar-refractivity contribution is 0.140. The van der Waals surface area contributed by atoms with E-state index >= 15 is 0 Å². The zero-order valence-electron chi connectivity index (χ0n) is 11.4. The molecule has 0 saturated heterocycles. The number of pyridine rings is 1. The number of thiazole rings is 1. The summed E-state index contributed by atoms with van der Waals surface area (Å²) in [5.74, 6) is 0. The molecule has 4 nitrogen and oxygen atoms in total. The molecule has 2 rings (SSSR count). The van der Waals surface area contributed by atoms with Crippen LogP contribution in [0, 0.1) is 0 Å². The molecule has 0 saturated carbocycles. The van der Waals surface area contributed by atoms with Crippen LogP contribution in [0.3, 0.4) is 0 Å². The zero-order chi connectivity index (χ0) is 14.0. The minimum absolute atomic E-state index is 0.713. The van der Waals surface area contributed by atoms with Crippen molar-refractivity contribution in [3.8, 4) is 10.7 Å². The van der Waals surface area contributed by atoms with Crippen molar-refractivity contribution < 1.29 is 4.74 Å². The Labute approximate surface area is 123 Å². The summed E-state index contributed by atoms with van der Waals surface area (Å²) in [5.41, 5.74) is 1.97. The van der Waals surface area contributed by atoms with Gasteiger partial charge in [0.1, 0.15) is 5.01 Å². The van der Waals surface area contributed by atoms with Gasteiger partial charge in [-0.1, -0.05) is 12.1 Å². The normalized spacial score (nSPS) is 10.6. The van der Waals surface area contributed by atoms with Gasteiger partial charge >= 0.3 is 0 Å². The zero-order valence-corrected chi connectivity index (χ0v) is 12.2. The fraction of sp³-hybridized carbons (Fsp3) is 0.333. The van der Waals surface area contributed by atoms with Crippen LogP contribution in [-0.2, 0) is 11.3 Å². The van der Waals surface area contributed by atoms with Crippen molar-refractivity contribution in [3.05, 3.63) is 48.1 Å². The largest absolute Gasteiger partial charge is 0.380 e. The van der Waals surface area contributed by atoms with E-state index in [0.717, 1.165) is 42.5 Å². The second-order valence-electron chi connectivity index (χ2n) is 4.23. The minimum atomic E-state index is 0.713. The molecule has 0 spiro atoms. The fourth-order valence-electron chi connectivity index (χ4n) is 1.62. The molecule has 0 fully saturated rings. The van der Waals surface area contributed by atoms with Gasteiger partial charge in [0.25, 0.3) is 0 Å². The Bertz CT molecular complexity index is 513.